The summed E-state index contributed by atoms with van der Waals surface area (Å²) in [4.78, 5) is 17.7. The molecule has 1 saturated carbocycles. The number of aromatic nitrogens is 1. The van der Waals surface area contributed by atoms with Crippen molar-refractivity contribution in [1.29, 1.82) is 0 Å². The van der Waals surface area contributed by atoms with Crippen LogP contribution < -0.4 is 0 Å². The molecule has 3 unspecified atom stereocenters. The molecule has 2 fully saturated rings. The number of aliphatic carboxylic acids is 1. The summed E-state index contributed by atoms with van der Waals surface area (Å²) in [5, 5.41) is 9.44. The van der Waals surface area contributed by atoms with Crippen molar-refractivity contribution in [2.75, 3.05) is 6.54 Å². The van der Waals surface area contributed by atoms with Crippen molar-refractivity contribution in [3.8, 4) is 0 Å². The molecule has 1 saturated heterocycles. The quantitative estimate of drug-likeness (QED) is 0.883. The van der Waals surface area contributed by atoms with E-state index in [-0.39, 0.29) is 6.04 Å². The minimum Gasteiger partial charge on any atom is -0.480 e. The van der Waals surface area contributed by atoms with E-state index in [1.54, 1.807) is 0 Å². The van der Waals surface area contributed by atoms with Crippen molar-refractivity contribution in [2.45, 2.75) is 38.8 Å². The fraction of sp³-hybridized carbons (Fsp3) is 0.692. The zero-order valence-electron chi connectivity index (χ0n) is 10.5. The smallest absolute Gasteiger partial charge is 0.321 e. The van der Waals surface area contributed by atoms with Crippen LogP contribution in [0.15, 0.2) is 10.8 Å². The van der Waals surface area contributed by atoms with Crippen molar-refractivity contribution in [2.24, 2.45) is 11.8 Å². The van der Waals surface area contributed by atoms with E-state index < -0.39 is 5.97 Å². The van der Waals surface area contributed by atoms with E-state index >= 15 is 0 Å². The second-order valence-corrected chi connectivity index (χ2v) is 5.42. The largest absolute Gasteiger partial charge is 0.480 e. The molecule has 0 aromatic carbocycles. The Balaban J connectivity index is 1.79. The molecule has 0 radical (unpaired) electrons. The summed E-state index contributed by atoms with van der Waals surface area (Å²) in [7, 11) is 0. The topological polar surface area (TPSA) is 66.6 Å². The van der Waals surface area contributed by atoms with Gasteiger partial charge in [-0.3, -0.25) is 9.69 Å². The summed E-state index contributed by atoms with van der Waals surface area (Å²) >= 11 is 0. The monoisotopic (exact) mass is 250 g/mol. The van der Waals surface area contributed by atoms with Crippen molar-refractivity contribution in [3.05, 3.63) is 17.8 Å². The molecule has 1 aliphatic heterocycles. The Labute approximate surface area is 106 Å². The molecule has 1 N–H and O–H groups in total. The summed E-state index contributed by atoms with van der Waals surface area (Å²) in [5.74, 6) is 0.981. The highest BCUT2D eigenvalue weighted by molar-refractivity contribution is 5.74. The minimum atomic E-state index is -0.689. The van der Waals surface area contributed by atoms with E-state index in [0.717, 1.165) is 24.4 Å². The molecule has 0 spiro atoms. The van der Waals surface area contributed by atoms with E-state index in [0.29, 0.717) is 18.4 Å². The van der Waals surface area contributed by atoms with E-state index in [1.165, 1.54) is 19.2 Å². The van der Waals surface area contributed by atoms with Gasteiger partial charge in [0.05, 0.1) is 5.69 Å². The first-order valence-corrected chi connectivity index (χ1v) is 6.52. The predicted octanol–water partition coefficient (Wildman–Crippen LogP) is 1.67. The van der Waals surface area contributed by atoms with Gasteiger partial charge < -0.3 is 9.52 Å². The predicted molar refractivity (Wildman–Crippen MR) is 63.9 cm³/mol. The highest BCUT2D eigenvalue weighted by atomic mass is 16.4. The molecule has 18 heavy (non-hydrogen) atoms. The molecule has 3 rings (SSSR count). The van der Waals surface area contributed by atoms with Gasteiger partial charge in [-0.15, -0.1) is 0 Å². The summed E-state index contributed by atoms with van der Waals surface area (Å²) in [6.45, 7) is 3.34. The lowest BCUT2D eigenvalue weighted by Crippen LogP contribution is -2.39. The summed E-state index contributed by atoms with van der Waals surface area (Å²) in [5.41, 5.74) is 0.862. The lowest BCUT2D eigenvalue weighted by Gasteiger charge is -2.23. The van der Waals surface area contributed by atoms with Gasteiger partial charge in [-0.25, -0.2) is 4.98 Å². The molecule has 1 aromatic rings. The third-order valence-electron chi connectivity index (χ3n) is 4.44. The highest BCUT2D eigenvalue weighted by Gasteiger charge is 2.47. The van der Waals surface area contributed by atoms with E-state index in [9.17, 15) is 9.90 Å². The van der Waals surface area contributed by atoms with Crippen molar-refractivity contribution in [3.63, 3.8) is 0 Å². The Morgan fingerprint density at radius 2 is 2.44 bits per heavy atom. The molecule has 5 heteroatoms. The minimum absolute atomic E-state index is 0.328. The van der Waals surface area contributed by atoms with Gasteiger partial charge in [0, 0.05) is 13.1 Å². The lowest BCUT2D eigenvalue weighted by atomic mass is 9.94. The van der Waals surface area contributed by atoms with Crippen molar-refractivity contribution in [1.82, 2.24) is 9.88 Å². The van der Waals surface area contributed by atoms with Gasteiger partial charge in [-0.1, -0.05) is 6.42 Å². The van der Waals surface area contributed by atoms with Crippen LogP contribution in [0.5, 0.6) is 0 Å². The van der Waals surface area contributed by atoms with Crippen LogP contribution in [0.25, 0.3) is 0 Å². The van der Waals surface area contributed by atoms with Crippen LogP contribution in [0.2, 0.25) is 0 Å². The molecular weight excluding hydrogens is 232 g/mol. The SMILES string of the molecule is Cc1ocnc1CN1CC2CCCC2C1C(=O)O. The second-order valence-electron chi connectivity index (χ2n) is 5.42. The summed E-state index contributed by atoms with van der Waals surface area (Å²) in [6.07, 6.45) is 4.83. The van der Waals surface area contributed by atoms with Gasteiger partial charge in [-0.05, 0) is 31.6 Å². The Morgan fingerprint density at radius 3 is 3.11 bits per heavy atom. The number of hydrogen-bond acceptors (Lipinski definition) is 4. The van der Waals surface area contributed by atoms with Crippen LogP contribution in [-0.2, 0) is 11.3 Å². The molecule has 0 amide bonds. The molecule has 1 aliphatic carbocycles. The molecule has 5 nitrogen and oxygen atoms in total. The number of carboxylic acid groups (broad SMARTS) is 1. The Morgan fingerprint density at radius 1 is 1.61 bits per heavy atom. The standard InChI is InChI=1S/C13H18N2O3/c1-8-11(14-7-18-8)6-15-5-9-3-2-4-10(9)12(15)13(16)17/h7,9-10,12H,2-6H2,1H3,(H,16,17). The Bertz CT molecular complexity index is 457. The third-order valence-corrected chi connectivity index (χ3v) is 4.44. The zero-order valence-corrected chi connectivity index (χ0v) is 10.5. The zero-order chi connectivity index (χ0) is 12.7. The van der Waals surface area contributed by atoms with Crippen LogP contribution in [0.1, 0.15) is 30.7 Å². The van der Waals surface area contributed by atoms with Gasteiger partial charge >= 0.3 is 5.97 Å². The van der Waals surface area contributed by atoms with Gasteiger partial charge in [0.1, 0.15) is 11.8 Å². The summed E-state index contributed by atoms with van der Waals surface area (Å²) < 4.78 is 5.18. The first-order valence-electron chi connectivity index (χ1n) is 6.52. The number of oxazole rings is 1. The van der Waals surface area contributed by atoms with E-state index in [1.807, 2.05) is 6.92 Å². The normalized spacial score (nSPS) is 31.7. The number of carboxylic acids is 1. The summed E-state index contributed by atoms with van der Waals surface area (Å²) in [6, 6.07) is -0.339. The van der Waals surface area contributed by atoms with Crippen LogP contribution in [0, 0.1) is 18.8 Å². The molecular formula is C13H18N2O3. The number of hydrogen-bond donors (Lipinski definition) is 1. The number of aryl methyl sites for hydroxylation is 1. The van der Waals surface area contributed by atoms with Crippen molar-refractivity contribution >= 4 is 5.97 Å². The van der Waals surface area contributed by atoms with Gasteiger partial charge in [0.2, 0.25) is 0 Å². The fourth-order valence-electron chi connectivity index (χ4n) is 3.57. The number of fused-ring (bicyclic) bond motifs is 1. The maximum atomic E-state index is 11.5. The van der Waals surface area contributed by atoms with Crippen LogP contribution in [-0.4, -0.2) is 33.5 Å². The van der Waals surface area contributed by atoms with Crippen LogP contribution in [0.4, 0.5) is 0 Å². The fourth-order valence-corrected chi connectivity index (χ4v) is 3.57. The van der Waals surface area contributed by atoms with E-state index in [4.69, 9.17) is 4.42 Å². The number of rotatable bonds is 3. The number of likely N-dealkylation sites (tertiary alicyclic amines) is 1. The molecule has 2 aliphatic rings. The van der Waals surface area contributed by atoms with Crippen LogP contribution in [0.3, 0.4) is 0 Å². The molecule has 1 aromatic heterocycles. The number of nitrogens with zero attached hydrogens (tertiary/aromatic N) is 2. The van der Waals surface area contributed by atoms with Gasteiger partial charge in [0.25, 0.3) is 0 Å². The number of carbonyl (C=O) groups is 1. The molecule has 2 heterocycles. The van der Waals surface area contributed by atoms with E-state index in [2.05, 4.69) is 9.88 Å². The average Bonchev–Trinajstić information content (AvgIpc) is 2.95. The molecule has 0 bridgehead atoms. The highest BCUT2D eigenvalue weighted by Crippen LogP contribution is 2.42. The first kappa shape index (κ1) is 11.7. The second kappa shape index (κ2) is 4.39. The third kappa shape index (κ3) is 1.82. The van der Waals surface area contributed by atoms with Gasteiger partial charge in [0.15, 0.2) is 6.39 Å². The Hall–Kier alpha value is -1.36. The Kier molecular flexibility index (Phi) is 2.86. The van der Waals surface area contributed by atoms with Gasteiger partial charge in [-0.2, -0.15) is 0 Å². The first-order chi connectivity index (χ1) is 8.66. The average molecular weight is 250 g/mol. The molecule has 98 valence electrons. The molecule has 3 atom stereocenters. The van der Waals surface area contributed by atoms with Crippen LogP contribution >= 0.6 is 0 Å². The maximum absolute atomic E-state index is 11.5. The van der Waals surface area contributed by atoms with Crippen molar-refractivity contribution < 1.29 is 14.3 Å². The maximum Gasteiger partial charge on any atom is 0.321 e. The lowest BCUT2D eigenvalue weighted by molar-refractivity contribution is -0.143.